The van der Waals surface area contributed by atoms with E-state index in [2.05, 4.69) is 23.0 Å². The number of aromatic nitrogens is 2. The third kappa shape index (κ3) is 2.77. The molecule has 0 bridgehead atoms. The monoisotopic (exact) mass is 290 g/mol. The predicted molar refractivity (Wildman–Crippen MR) is 78.1 cm³/mol. The number of nitrogens with zero attached hydrogens (tertiary/aromatic N) is 2. The van der Waals surface area contributed by atoms with Gasteiger partial charge in [0.25, 0.3) is 0 Å². The first kappa shape index (κ1) is 12.6. The van der Waals surface area contributed by atoms with Crippen molar-refractivity contribution in [1.82, 2.24) is 9.97 Å². The minimum Gasteiger partial charge on any atom is -0.229 e. The topological polar surface area (TPSA) is 25.8 Å². The van der Waals surface area contributed by atoms with Gasteiger partial charge in [0.1, 0.15) is 22.0 Å². The minimum atomic E-state index is -0.197. The molecular weight excluding hydrogens is 279 g/mol. The highest BCUT2D eigenvalue weighted by molar-refractivity contribution is 7.98. The molecule has 0 atom stereocenters. The van der Waals surface area contributed by atoms with E-state index in [1.54, 1.807) is 41.6 Å². The highest BCUT2D eigenvalue weighted by Gasteiger charge is 2.07. The lowest BCUT2D eigenvalue weighted by Crippen LogP contribution is -1.86. The molecule has 2 nitrogen and oxygen atoms in total. The summed E-state index contributed by atoms with van der Waals surface area (Å²) in [5.41, 5.74) is 0.962. The summed E-state index contributed by atoms with van der Waals surface area (Å²) in [5, 5.41) is 2.05. The summed E-state index contributed by atoms with van der Waals surface area (Å²) in [4.78, 5) is 10.8. The van der Waals surface area contributed by atoms with Crippen molar-refractivity contribution >= 4 is 33.3 Å². The first-order chi connectivity index (χ1) is 9.22. The highest BCUT2D eigenvalue weighted by Crippen LogP contribution is 2.31. The van der Waals surface area contributed by atoms with E-state index in [9.17, 15) is 4.39 Å². The lowest BCUT2D eigenvalue weighted by molar-refractivity contribution is 0.626. The van der Waals surface area contributed by atoms with Gasteiger partial charge in [-0.15, -0.1) is 23.1 Å². The van der Waals surface area contributed by atoms with Crippen LogP contribution in [0.5, 0.6) is 0 Å². The van der Waals surface area contributed by atoms with Crippen LogP contribution in [-0.4, -0.2) is 9.97 Å². The number of thiophene rings is 1. The Morgan fingerprint density at radius 3 is 3.00 bits per heavy atom. The predicted octanol–water partition coefficient (Wildman–Crippen LogP) is 4.43. The van der Waals surface area contributed by atoms with E-state index in [-0.39, 0.29) is 5.82 Å². The van der Waals surface area contributed by atoms with Crippen molar-refractivity contribution in [2.24, 2.45) is 0 Å². The Labute approximate surface area is 118 Å². The Balaban J connectivity index is 1.85. The van der Waals surface area contributed by atoms with E-state index in [1.807, 2.05) is 6.07 Å². The zero-order chi connectivity index (χ0) is 13.2. The number of aryl methyl sites for hydroxylation is 1. The van der Waals surface area contributed by atoms with Gasteiger partial charge in [-0.3, -0.25) is 0 Å². The van der Waals surface area contributed by atoms with E-state index >= 15 is 0 Å². The number of hydrogen-bond donors (Lipinski definition) is 0. The fourth-order valence-electron chi connectivity index (χ4n) is 1.85. The molecule has 5 heteroatoms. The third-order valence-electron chi connectivity index (χ3n) is 2.68. The normalized spacial score (nSPS) is 11.1. The molecule has 0 radical (unpaired) electrons. The van der Waals surface area contributed by atoms with Crippen LogP contribution in [0.25, 0.3) is 10.2 Å². The molecule has 0 spiro atoms. The molecule has 96 valence electrons. The molecule has 2 heterocycles. The Hall–Kier alpha value is -1.46. The molecule has 3 rings (SSSR count). The molecule has 0 aliphatic rings. The molecule has 0 saturated heterocycles. The molecule has 19 heavy (non-hydrogen) atoms. The van der Waals surface area contributed by atoms with Gasteiger partial charge >= 0.3 is 0 Å². The number of halogens is 1. The third-order valence-corrected chi connectivity index (χ3v) is 4.72. The molecular formula is C14H11FN2S2. The van der Waals surface area contributed by atoms with Crippen molar-refractivity contribution in [2.45, 2.75) is 17.7 Å². The summed E-state index contributed by atoms with van der Waals surface area (Å²) >= 11 is 3.28. The van der Waals surface area contributed by atoms with Crippen LogP contribution >= 0.6 is 23.1 Å². The fourth-order valence-corrected chi connectivity index (χ4v) is 3.68. The number of benzene rings is 1. The molecule has 3 aromatic rings. The Morgan fingerprint density at radius 1 is 1.26 bits per heavy atom. The van der Waals surface area contributed by atoms with Crippen LogP contribution in [0.4, 0.5) is 4.39 Å². The number of rotatable bonds is 3. The maximum Gasteiger partial charge on any atom is 0.128 e. The summed E-state index contributed by atoms with van der Waals surface area (Å²) in [6.45, 7) is 2.06. The SMILES string of the molecule is Cc1cc2c(SCc3cccc(F)c3)ncnc2s1. The average Bonchev–Trinajstić information content (AvgIpc) is 2.77. The van der Waals surface area contributed by atoms with Crippen LogP contribution in [0, 0.1) is 12.7 Å². The molecule has 0 fully saturated rings. The first-order valence-corrected chi connectivity index (χ1v) is 7.61. The second-order valence-corrected chi connectivity index (χ2v) is 6.37. The molecule has 0 amide bonds. The van der Waals surface area contributed by atoms with Crippen molar-refractivity contribution < 1.29 is 4.39 Å². The minimum absolute atomic E-state index is 0.197. The smallest absolute Gasteiger partial charge is 0.128 e. The molecule has 0 unspecified atom stereocenters. The second kappa shape index (κ2) is 5.27. The van der Waals surface area contributed by atoms with Crippen molar-refractivity contribution in [2.75, 3.05) is 0 Å². The van der Waals surface area contributed by atoms with Crippen molar-refractivity contribution in [1.29, 1.82) is 0 Å². The van der Waals surface area contributed by atoms with Crippen LogP contribution in [-0.2, 0) is 5.75 Å². The Morgan fingerprint density at radius 2 is 2.16 bits per heavy atom. The molecule has 0 saturated carbocycles. The molecule has 0 aliphatic heterocycles. The maximum absolute atomic E-state index is 13.1. The first-order valence-electron chi connectivity index (χ1n) is 5.81. The summed E-state index contributed by atoms with van der Waals surface area (Å²) < 4.78 is 13.1. The standard InChI is InChI=1S/C14H11FN2S2/c1-9-5-12-13(16-8-17-14(12)19-9)18-7-10-3-2-4-11(15)6-10/h2-6,8H,7H2,1H3. The van der Waals surface area contributed by atoms with E-state index in [1.165, 1.54) is 10.9 Å². The van der Waals surface area contributed by atoms with Gasteiger partial charge in [0.2, 0.25) is 0 Å². The summed E-state index contributed by atoms with van der Waals surface area (Å²) in [6.07, 6.45) is 1.59. The Bertz CT molecular complexity index is 724. The molecule has 0 aliphatic carbocycles. The van der Waals surface area contributed by atoms with Gasteiger partial charge in [0.05, 0.1) is 0 Å². The van der Waals surface area contributed by atoms with E-state index in [0.717, 1.165) is 20.8 Å². The lowest BCUT2D eigenvalue weighted by atomic mass is 10.2. The van der Waals surface area contributed by atoms with E-state index < -0.39 is 0 Å². The van der Waals surface area contributed by atoms with Gasteiger partial charge in [-0.1, -0.05) is 12.1 Å². The van der Waals surface area contributed by atoms with Crippen LogP contribution in [0.3, 0.4) is 0 Å². The van der Waals surface area contributed by atoms with Crippen LogP contribution in [0.1, 0.15) is 10.4 Å². The number of hydrogen-bond acceptors (Lipinski definition) is 4. The maximum atomic E-state index is 13.1. The zero-order valence-corrected chi connectivity index (χ0v) is 11.9. The van der Waals surface area contributed by atoms with E-state index in [0.29, 0.717) is 5.75 Å². The zero-order valence-electron chi connectivity index (χ0n) is 10.3. The Kier molecular flexibility index (Phi) is 3.48. The average molecular weight is 290 g/mol. The summed E-state index contributed by atoms with van der Waals surface area (Å²) in [7, 11) is 0. The number of thioether (sulfide) groups is 1. The van der Waals surface area contributed by atoms with Gasteiger partial charge in [0, 0.05) is 16.0 Å². The van der Waals surface area contributed by atoms with Gasteiger partial charge < -0.3 is 0 Å². The van der Waals surface area contributed by atoms with Crippen molar-refractivity contribution in [3.8, 4) is 0 Å². The van der Waals surface area contributed by atoms with Crippen LogP contribution in [0.2, 0.25) is 0 Å². The second-order valence-electron chi connectivity index (χ2n) is 4.17. The number of fused-ring (bicyclic) bond motifs is 1. The van der Waals surface area contributed by atoms with Crippen molar-refractivity contribution in [3.05, 3.63) is 52.9 Å². The van der Waals surface area contributed by atoms with Gasteiger partial charge in [-0.2, -0.15) is 0 Å². The lowest BCUT2D eigenvalue weighted by Gasteiger charge is -2.02. The van der Waals surface area contributed by atoms with Crippen LogP contribution in [0.15, 0.2) is 41.7 Å². The van der Waals surface area contributed by atoms with Gasteiger partial charge in [-0.25, -0.2) is 14.4 Å². The quantitative estimate of drug-likeness (QED) is 0.527. The summed E-state index contributed by atoms with van der Waals surface area (Å²) in [5.74, 6) is 0.510. The van der Waals surface area contributed by atoms with Crippen molar-refractivity contribution in [3.63, 3.8) is 0 Å². The van der Waals surface area contributed by atoms with Gasteiger partial charge in [0.15, 0.2) is 0 Å². The van der Waals surface area contributed by atoms with Crippen LogP contribution < -0.4 is 0 Å². The fraction of sp³-hybridized carbons (Fsp3) is 0.143. The highest BCUT2D eigenvalue weighted by atomic mass is 32.2. The molecule has 0 N–H and O–H groups in total. The van der Waals surface area contributed by atoms with E-state index in [4.69, 9.17) is 0 Å². The summed E-state index contributed by atoms with van der Waals surface area (Å²) in [6, 6.07) is 8.78. The molecule has 1 aromatic carbocycles. The largest absolute Gasteiger partial charge is 0.229 e. The molecule has 2 aromatic heterocycles. The van der Waals surface area contributed by atoms with Gasteiger partial charge in [-0.05, 0) is 30.7 Å².